The summed E-state index contributed by atoms with van der Waals surface area (Å²) in [7, 11) is 1.78. The number of ether oxygens (including phenoxy) is 1. The van der Waals surface area contributed by atoms with Crippen molar-refractivity contribution in [3.8, 4) is 5.75 Å². The van der Waals surface area contributed by atoms with E-state index in [9.17, 15) is 9.59 Å². The van der Waals surface area contributed by atoms with Gasteiger partial charge in [0, 0.05) is 43.5 Å². The zero-order valence-corrected chi connectivity index (χ0v) is 20.4. The average molecular weight is 451 g/mol. The van der Waals surface area contributed by atoms with Crippen LogP contribution >= 0.6 is 0 Å². The third-order valence-corrected chi connectivity index (χ3v) is 5.56. The number of nitrogens with zero attached hydrogens (tertiary/aromatic N) is 2. The third-order valence-electron chi connectivity index (χ3n) is 5.56. The summed E-state index contributed by atoms with van der Waals surface area (Å²) < 4.78 is 6.02. The van der Waals surface area contributed by atoms with Crippen LogP contribution in [0, 0.1) is 12.8 Å². The van der Waals surface area contributed by atoms with Crippen molar-refractivity contribution in [2.45, 2.75) is 53.2 Å². The number of fused-ring (bicyclic) bond motifs is 1. The maximum absolute atomic E-state index is 12.8. The van der Waals surface area contributed by atoms with Gasteiger partial charge in [0.2, 0.25) is 11.8 Å². The summed E-state index contributed by atoms with van der Waals surface area (Å²) in [5.74, 6) is 1.58. The van der Waals surface area contributed by atoms with Gasteiger partial charge >= 0.3 is 0 Å². The maximum Gasteiger partial charge on any atom is 0.246 e. The Morgan fingerprint density at radius 1 is 1.33 bits per heavy atom. The van der Waals surface area contributed by atoms with Crippen LogP contribution < -0.4 is 15.4 Å². The summed E-state index contributed by atoms with van der Waals surface area (Å²) in [6.07, 6.45) is 4.94. The van der Waals surface area contributed by atoms with Crippen LogP contribution in [0.1, 0.15) is 49.9 Å². The van der Waals surface area contributed by atoms with Gasteiger partial charge in [0.05, 0.1) is 12.1 Å². The molecule has 0 spiro atoms. The molecule has 0 aliphatic carbocycles. The molecule has 0 fully saturated rings. The molecule has 7 heteroatoms. The first-order valence-corrected chi connectivity index (χ1v) is 11.3. The van der Waals surface area contributed by atoms with Crippen LogP contribution in [-0.2, 0) is 22.7 Å². The number of benzene rings is 1. The lowest BCUT2D eigenvalue weighted by Crippen LogP contribution is -2.47. The van der Waals surface area contributed by atoms with E-state index in [1.807, 2.05) is 45.0 Å². The molecule has 0 saturated carbocycles. The first-order valence-electron chi connectivity index (χ1n) is 11.3. The van der Waals surface area contributed by atoms with Gasteiger partial charge in [-0.1, -0.05) is 32.0 Å². The van der Waals surface area contributed by atoms with Crippen molar-refractivity contribution in [1.29, 1.82) is 0 Å². The van der Waals surface area contributed by atoms with Crippen LogP contribution in [0.2, 0.25) is 0 Å². The van der Waals surface area contributed by atoms with E-state index < -0.39 is 5.54 Å². The second-order valence-electron chi connectivity index (χ2n) is 9.50. The highest BCUT2D eigenvalue weighted by molar-refractivity contribution is 5.98. The normalized spacial score (nSPS) is 15.2. The van der Waals surface area contributed by atoms with Crippen LogP contribution in [0.15, 0.2) is 36.5 Å². The van der Waals surface area contributed by atoms with Gasteiger partial charge in [0.15, 0.2) is 0 Å². The number of carbonyl (C=O) groups is 2. The smallest absolute Gasteiger partial charge is 0.246 e. The van der Waals surface area contributed by atoms with Gasteiger partial charge in [-0.3, -0.25) is 14.9 Å². The zero-order valence-electron chi connectivity index (χ0n) is 20.4. The standard InChI is InChI=1S/C26H34N4O3/c1-17(2)16-33-23-18(3)8-7-9-20(23)15-30(6)22(31)11-10-19-12-21-14-28-26(4,5)25(32)29-24(21)27-13-19/h7-13,17,28H,14-16H2,1-6H3,(H,27,29,32)/b11-10+. The lowest BCUT2D eigenvalue weighted by atomic mass is 10.1. The number of aryl methyl sites for hydroxylation is 1. The number of carbonyl (C=O) groups excluding carboxylic acids is 2. The fraction of sp³-hybridized carbons (Fsp3) is 0.423. The molecule has 0 radical (unpaired) electrons. The SMILES string of the molecule is Cc1cccc(CN(C)C(=O)/C=C/c2cnc3c(c2)CNC(C)(C)C(=O)N3)c1OCC(C)C. The molecule has 0 atom stereocenters. The highest BCUT2D eigenvalue weighted by atomic mass is 16.5. The summed E-state index contributed by atoms with van der Waals surface area (Å²) in [6, 6.07) is 7.93. The van der Waals surface area contributed by atoms with Gasteiger partial charge in [0.1, 0.15) is 11.6 Å². The molecule has 1 aliphatic heterocycles. The van der Waals surface area contributed by atoms with Crippen molar-refractivity contribution in [2.24, 2.45) is 5.92 Å². The van der Waals surface area contributed by atoms with E-state index in [4.69, 9.17) is 4.74 Å². The number of aromatic nitrogens is 1. The Hall–Kier alpha value is -3.19. The highest BCUT2D eigenvalue weighted by Crippen LogP contribution is 2.25. The van der Waals surface area contributed by atoms with Crippen LogP contribution in [0.25, 0.3) is 6.08 Å². The first kappa shape index (κ1) is 24.5. The van der Waals surface area contributed by atoms with Gasteiger partial charge in [-0.25, -0.2) is 4.98 Å². The molecule has 3 rings (SSSR count). The predicted octanol–water partition coefficient (Wildman–Crippen LogP) is 3.92. The zero-order chi connectivity index (χ0) is 24.2. The van der Waals surface area contributed by atoms with Gasteiger partial charge in [-0.15, -0.1) is 0 Å². The van der Waals surface area contributed by atoms with Gasteiger partial charge < -0.3 is 15.0 Å². The molecule has 0 unspecified atom stereocenters. The Morgan fingerprint density at radius 2 is 2.09 bits per heavy atom. The molecule has 2 amide bonds. The quantitative estimate of drug-likeness (QED) is 0.625. The monoisotopic (exact) mass is 450 g/mol. The third kappa shape index (κ3) is 6.20. The molecule has 0 saturated heterocycles. The Balaban J connectivity index is 1.69. The predicted molar refractivity (Wildman–Crippen MR) is 131 cm³/mol. The van der Waals surface area contributed by atoms with E-state index in [1.165, 1.54) is 0 Å². The van der Waals surface area contributed by atoms with Gasteiger partial charge in [-0.2, -0.15) is 0 Å². The van der Waals surface area contributed by atoms with E-state index in [0.29, 0.717) is 31.4 Å². The topological polar surface area (TPSA) is 83.6 Å². The fourth-order valence-corrected chi connectivity index (χ4v) is 3.45. The summed E-state index contributed by atoms with van der Waals surface area (Å²) in [4.78, 5) is 31.1. The lowest BCUT2D eigenvalue weighted by Gasteiger charge is -2.21. The minimum atomic E-state index is -0.678. The van der Waals surface area contributed by atoms with Crippen molar-refractivity contribution in [3.05, 3.63) is 58.8 Å². The largest absolute Gasteiger partial charge is 0.493 e. The molecule has 2 N–H and O–H groups in total. The average Bonchev–Trinajstić information content (AvgIpc) is 2.87. The molecule has 1 aliphatic rings. The summed E-state index contributed by atoms with van der Waals surface area (Å²) in [5, 5.41) is 6.08. The van der Waals surface area contributed by atoms with E-state index in [0.717, 1.165) is 28.0 Å². The summed E-state index contributed by atoms with van der Waals surface area (Å²) in [6.45, 7) is 11.5. The molecule has 176 valence electrons. The minimum Gasteiger partial charge on any atom is -0.493 e. The van der Waals surface area contributed by atoms with Crippen LogP contribution in [0.3, 0.4) is 0 Å². The van der Waals surface area contributed by atoms with Crippen LogP contribution in [-0.4, -0.2) is 40.9 Å². The van der Waals surface area contributed by atoms with E-state index in [2.05, 4.69) is 29.5 Å². The number of hydrogen-bond acceptors (Lipinski definition) is 5. The van der Waals surface area contributed by atoms with E-state index in [-0.39, 0.29) is 11.8 Å². The van der Waals surface area contributed by atoms with Crippen molar-refractivity contribution < 1.29 is 14.3 Å². The first-order chi connectivity index (χ1) is 15.6. The molecule has 7 nitrogen and oxygen atoms in total. The number of nitrogens with one attached hydrogen (secondary N) is 2. The van der Waals surface area contributed by atoms with Gasteiger partial charge in [0.25, 0.3) is 0 Å². The number of anilines is 1. The van der Waals surface area contributed by atoms with E-state index >= 15 is 0 Å². The number of para-hydroxylation sites is 1. The Morgan fingerprint density at radius 3 is 2.82 bits per heavy atom. The summed E-state index contributed by atoms with van der Waals surface area (Å²) >= 11 is 0. The van der Waals surface area contributed by atoms with Crippen molar-refractivity contribution in [2.75, 3.05) is 19.0 Å². The molecule has 2 heterocycles. The van der Waals surface area contributed by atoms with Crippen molar-refractivity contribution in [1.82, 2.24) is 15.2 Å². The molecular formula is C26H34N4O3. The van der Waals surface area contributed by atoms with Crippen LogP contribution in [0.4, 0.5) is 5.82 Å². The molecule has 1 aromatic carbocycles. The molecular weight excluding hydrogens is 416 g/mol. The second kappa shape index (κ2) is 10.2. The second-order valence-corrected chi connectivity index (χ2v) is 9.50. The fourth-order valence-electron chi connectivity index (χ4n) is 3.45. The van der Waals surface area contributed by atoms with Crippen molar-refractivity contribution in [3.63, 3.8) is 0 Å². The van der Waals surface area contributed by atoms with Gasteiger partial charge in [-0.05, 0) is 50.0 Å². The maximum atomic E-state index is 12.8. The van der Waals surface area contributed by atoms with Crippen molar-refractivity contribution >= 4 is 23.7 Å². The number of amides is 2. The van der Waals surface area contributed by atoms with E-state index in [1.54, 1.807) is 30.3 Å². The Bertz CT molecular complexity index is 1060. The molecule has 33 heavy (non-hydrogen) atoms. The molecule has 2 aromatic rings. The molecule has 1 aromatic heterocycles. The number of likely N-dealkylation sites (N-methyl/N-ethyl adjacent to an activating group) is 1. The summed E-state index contributed by atoms with van der Waals surface area (Å²) in [5.41, 5.74) is 3.04. The van der Waals surface area contributed by atoms with Crippen LogP contribution in [0.5, 0.6) is 5.75 Å². The lowest BCUT2D eigenvalue weighted by molar-refractivity contribution is -0.125. The Labute approximate surface area is 196 Å². The number of pyridine rings is 1. The number of hydrogen-bond donors (Lipinski definition) is 2. The number of rotatable bonds is 7. The Kier molecular flexibility index (Phi) is 7.53. The minimum absolute atomic E-state index is 0.117. The highest BCUT2D eigenvalue weighted by Gasteiger charge is 2.30. The molecule has 0 bridgehead atoms.